The molecule has 0 aromatic heterocycles. The van der Waals surface area contributed by atoms with E-state index in [4.69, 9.17) is 33.2 Å². The SMILES string of the molecule is CC(=O)OC[C@H]1O[C@H](OC/C=C\CNC(=O)OC(C)(C)C)[C@H](OC(C)=O)[C@@H](OC(C)=O)[C@H]1OC(C)=O. The highest BCUT2D eigenvalue weighted by atomic mass is 16.7. The lowest BCUT2D eigenvalue weighted by atomic mass is 9.98. The lowest BCUT2D eigenvalue weighted by Gasteiger charge is -2.43. The minimum absolute atomic E-state index is 0.0657. The van der Waals surface area contributed by atoms with Gasteiger partial charge in [0.15, 0.2) is 24.6 Å². The van der Waals surface area contributed by atoms with Gasteiger partial charge in [0.2, 0.25) is 0 Å². The molecule has 5 atom stereocenters. The summed E-state index contributed by atoms with van der Waals surface area (Å²) in [7, 11) is 0. The minimum Gasteiger partial charge on any atom is -0.463 e. The van der Waals surface area contributed by atoms with Gasteiger partial charge in [0.05, 0.1) is 6.61 Å². The van der Waals surface area contributed by atoms with Gasteiger partial charge in [-0.3, -0.25) is 19.2 Å². The number of hydrogen-bond donors (Lipinski definition) is 1. The maximum Gasteiger partial charge on any atom is 0.407 e. The Morgan fingerprint density at radius 3 is 1.89 bits per heavy atom. The van der Waals surface area contributed by atoms with Gasteiger partial charge in [-0.05, 0) is 20.8 Å². The van der Waals surface area contributed by atoms with E-state index in [-0.39, 0.29) is 19.8 Å². The predicted molar refractivity (Wildman–Crippen MR) is 121 cm³/mol. The van der Waals surface area contributed by atoms with Crippen LogP contribution in [0.4, 0.5) is 4.79 Å². The van der Waals surface area contributed by atoms with Gasteiger partial charge < -0.3 is 38.5 Å². The number of carbonyl (C=O) groups excluding carboxylic acids is 5. The zero-order valence-corrected chi connectivity index (χ0v) is 21.6. The van der Waals surface area contributed by atoms with Crippen LogP contribution in [0, 0.1) is 0 Å². The van der Waals surface area contributed by atoms with Gasteiger partial charge in [-0.2, -0.15) is 0 Å². The first-order valence-corrected chi connectivity index (χ1v) is 11.2. The lowest BCUT2D eigenvalue weighted by Crippen LogP contribution is -2.62. The molecule has 1 aliphatic heterocycles. The summed E-state index contributed by atoms with van der Waals surface area (Å²) in [5.74, 6) is -2.82. The molecule has 1 rings (SSSR count). The average molecular weight is 518 g/mol. The third-order valence-corrected chi connectivity index (χ3v) is 4.23. The van der Waals surface area contributed by atoms with E-state index < -0.39 is 66.3 Å². The second-order valence-electron chi connectivity index (χ2n) is 8.76. The number of ether oxygens (including phenoxy) is 7. The van der Waals surface area contributed by atoms with E-state index in [2.05, 4.69) is 5.32 Å². The second kappa shape index (κ2) is 14.4. The van der Waals surface area contributed by atoms with Gasteiger partial charge in [0.25, 0.3) is 0 Å². The summed E-state index contributed by atoms with van der Waals surface area (Å²) in [6, 6.07) is 0. The van der Waals surface area contributed by atoms with Gasteiger partial charge in [-0.15, -0.1) is 0 Å². The van der Waals surface area contributed by atoms with Crippen molar-refractivity contribution >= 4 is 30.0 Å². The average Bonchev–Trinajstić information content (AvgIpc) is 2.70. The Morgan fingerprint density at radius 2 is 1.36 bits per heavy atom. The summed E-state index contributed by atoms with van der Waals surface area (Å²) in [6.07, 6.45) is -3.70. The Kier molecular flexibility index (Phi) is 12.3. The molecule has 0 spiro atoms. The number of rotatable bonds is 10. The summed E-state index contributed by atoms with van der Waals surface area (Å²) in [5, 5.41) is 2.54. The van der Waals surface area contributed by atoms with Crippen LogP contribution < -0.4 is 5.32 Å². The van der Waals surface area contributed by atoms with Crippen molar-refractivity contribution in [2.75, 3.05) is 19.8 Å². The van der Waals surface area contributed by atoms with Gasteiger partial charge in [-0.25, -0.2) is 4.79 Å². The fourth-order valence-corrected chi connectivity index (χ4v) is 3.08. The smallest absolute Gasteiger partial charge is 0.407 e. The van der Waals surface area contributed by atoms with Crippen LogP contribution in [0.15, 0.2) is 12.2 Å². The third-order valence-electron chi connectivity index (χ3n) is 4.23. The quantitative estimate of drug-likeness (QED) is 0.250. The first-order valence-electron chi connectivity index (χ1n) is 11.2. The molecule has 0 unspecified atom stereocenters. The molecule has 1 amide bonds. The maximum absolute atomic E-state index is 11.8. The highest BCUT2D eigenvalue weighted by molar-refractivity contribution is 5.69. The van der Waals surface area contributed by atoms with E-state index in [1.165, 1.54) is 6.92 Å². The first kappa shape index (κ1) is 30.8. The van der Waals surface area contributed by atoms with Gasteiger partial charge in [0, 0.05) is 34.2 Å². The molecule has 0 bridgehead atoms. The molecule has 0 radical (unpaired) electrons. The topological polar surface area (TPSA) is 162 Å². The number of esters is 4. The number of alkyl carbamates (subject to hydrolysis) is 1. The van der Waals surface area contributed by atoms with Crippen molar-refractivity contribution in [3.63, 3.8) is 0 Å². The van der Waals surface area contributed by atoms with Crippen molar-refractivity contribution in [1.82, 2.24) is 5.32 Å². The molecular weight excluding hydrogens is 482 g/mol. The Labute approximate surface area is 209 Å². The Morgan fingerprint density at radius 1 is 0.806 bits per heavy atom. The summed E-state index contributed by atoms with van der Waals surface area (Å²) >= 11 is 0. The molecule has 1 saturated heterocycles. The Balaban J connectivity index is 2.99. The Hall–Kier alpha value is -3.19. The monoisotopic (exact) mass is 517 g/mol. The fraction of sp³-hybridized carbons (Fsp3) is 0.696. The fourth-order valence-electron chi connectivity index (χ4n) is 3.08. The molecule has 204 valence electrons. The van der Waals surface area contributed by atoms with Crippen LogP contribution in [-0.4, -0.2) is 86.0 Å². The molecule has 0 aromatic rings. The zero-order valence-electron chi connectivity index (χ0n) is 21.6. The van der Waals surface area contributed by atoms with Crippen molar-refractivity contribution in [3.05, 3.63) is 12.2 Å². The molecule has 1 heterocycles. The van der Waals surface area contributed by atoms with E-state index in [0.717, 1.165) is 20.8 Å². The van der Waals surface area contributed by atoms with E-state index in [0.29, 0.717) is 0 Å². The molecule has 13 nitrogen and oxygen atoms in total. The van der Waals surface area contributed by atoms with Crippen molar-refractivity contribution in [2.24, 2.45) is 0 Å². The van der Waals surface area contributed by atoms with Gasteiger partial charge >= 0.3 is 30.0 Å². The van der Waals surface area contributed by atoms with Crippen LogP contribution in [-0.2, 0) is 52.3 Å². The number of carbonyl (C=O) groups is 5. The highest BCUT2D eigenvalue weighted by Gasteiger charge is 2.52. The molecule has 0 aliphatic carbocycles. The molecule has 13 heteroatoms. The molecule has 36 heavy (non-hydrogen) atoms. The van der Waals surface area contributed by atoms with Crippen LogP contribution in [0.3, 0.4) is 0 Å². The molecule has 0 saturated carbocycles. The van der Waals surface area contributed by atoms with Crippen LogP contribution >= 0.6 is 0 Å². The Bertz CT molecular complexity index is 818. The van der Waals surface area contributed by atoms with Crippen molar-refractivity contribution in [1.29, 1.82) is 0 Å². The zero-order chi connectivity index (χ0) is 27.5. The van der Waals surface area contributed by atoms with Crippen molar-refractivity contribution in [3.8, 4) is 0 Å². The first-order chi connectivity index (χ1) is 16.7. The minimum atomic E-state index is -1.31. The summed E-state index contributed by atoms with van der Waals surface area (Å²) in [4.78, 5) is 58.3. The van der Waals surface area contributed by atoms with Crippen molar-refractivity contribution < 1.29 is 57.1 Å². The van der Waals surface area contributed by atoms with Crippen LogP contribution in [0.2, 0.25) is 0 Å². The summed E-state index contributed by atoms with van der Waals surface area (Å²) in [5.41, 5.74) is -0.633. The molecule has 1 fully saturated rings. The predicted octanol–water partition coefficient (Wildman–Crippen LogP) is 1.17. The molecule has 0 aromatic carbocycles. The van der Waals surface area contributed by atoms with E-state index in [1.807, 2.05) is 0 Å². The number of hydrogen-bond acceptors (Lipinski definition) is 12. The number of nitrogens with one attached hydrogen (secondary N) is 1. The van der Waals surface area contributed by atoms with Gasteiger partial charge in [-0.1, -0.05) is 12.2 Å². The number of amides is 1. The van der Waals surface area contributed by atoms with Crippen LogP contribution in [0.25, 0.3) is 0 Å². The third kappa shape index (κ3) is 12.0. The molecule has 1 aliphatic rings. The molecular formula is C23H35NO12. The van der Waals surface area contributed by atoms with E-state index in [1.54, 1.807) is 32.9 Å². The van der Waals surface area contributed by atoms with Gasteiger partial charge in [0.1, 0.15) is 18.3 Å². The summed E-state index contributed by atoms with van der Waals surface area (Å²) in [6.45, 7) is 9.52. The normalized spacial score (nSPS) is 23.9. The summed E-state index contributed by atoms with van der Waals surface area (Å²) < 4.78 is 37.5. The molecule has 1 N–H and O–H groups in total. The highest BCUT2D eigenvalue weighted by Crippen LogP contribution is 2.30. The van der Waals surface area contributed by atoms with E-state index in [9.17, 15) is 24.0 Å². The van der Waals surface area contributed by atoms with Crippen molar-refractivity contribution in [2.45, 2.75) is 84.8 Å². The largest absolute Gasteiger partial charge is 0.463 e. The van der Waals surface area contributed by atoms with E-state index >= 15 is 0 Å². The second-order valence-corrected chi connectivity index (χ2v) is 8.76. The van der Waals surface area contributed by atoms with Crippen LogP contribution in [0.5, 0.6) is 0 Å². The lowest BCUT2D eigenvalue weighted by molar-refractivity contribution is -0.305. The standard InChI is InChI=1S/C23H35NO12/c1-13(25)31-12-17-18(32-14(2)26)19(33-15(3)27)20(34-16(4)28)21(35-17)30-11-9-8-10-24-22(29)36-23(5,6)7/h8-9,17-21H,10-12H2,1-7H3,(H,24,29)/b9-8-/t17-,18+,19+,20-,21+/m1/s1. The van der Waals surface area contributed by atoms with Crippen LogP contribution in [0.1, 0.15) is 48.5 Å². The maximum atomic E-state index is 11.8.